The molecule has 0 amide bonds. The van der Waals surface area contributed by atoms with Gasteiger partial charge in [-0.15, -0.1) is 0 Å². The van der Waals surface area contributed by atoms with Gasteiger partial charge in [0.25, 0.3) is 0 Å². The van der Waals surface area contributed by atoms with Gasteiger partial charge < -0.3 is 10.2 Å². The number of rotatable bonds is 8. The Kier molecular flexibility index (Phi) is 8.70. The van der Waals surface area contributed by atoms with Crippen molar-refractivity contribution in [1.29, 1.82) is 0 Å². The Balaban J connectivity index is 2.13. The molecule has 2 nitrogen and oxygen atoms in total. The van der Waals surface area contributed by atoms with E-state index in [0.29, 0.717) is 0 Å². The molecule has 0 aromatic carbocycles. The van der Waals surface area contributed by atoms with Crippen LogP contribution in [0, 0.1) is 5.92 Å². The number of nitrogens with one attached hydrogen (secondary N) is 1. The van der Waals surface area contributed by atoms with E-state index in [1.807, 2.05) is 0 Å². The molecule has 2 heteroatoms. The van der Waals surface area contributed by atoms with Crippen LogP contribution in [0.3, 0.4) is 0 Å². The van der Waals surface area contributed by atoms with Crippen molar-refractivity contribution in [3.63, 3.8) is 0 Å². The van der Waals surface area contributed by atoms with Gasteiger partial charge in [0.1, 0.15) is 0 Å². The maximum Gasteiger partial charge on any atom is 0.0107 e. The summed E-state index contributed by atoms with van der Waals surface area (Å²) in [6.45, 7) is 11.8. The molecule has 108 valence electrons. The predicted octanol–water partition coefficient (Wildman–Crippen LogP) is 3.67. The fraction of sp³-hybridized carbons (Fsp3) is 1.00. The average Bonchev–Trinajstić information content (AvgIpc) is 2.66. The van der Waals surface area contributed by atoms with E-state index in [1.165, 1.54) is 71.1 Å². The summed E-state index contributed by atoms with van der Waals surface area (Å²) < 4.78 is 0. The van der Waals surface area contributed by atoms with Crippen LogP contribution in [0.1, 0.15) is 65.7 Å². The normalized spacial score (nSPS) is 20.0. The lowest BCUT2D eigenvalue weighted by atomic mass is 10.1. The second-order valence-electron chi connectivity index (χ2n) is 6.05. The first-order valence-corrected chi connectivity index (χ1v) is 8.22. The highest BCUT2D eigenvalue weighted by Crippen LogP contribution is 2.16. The van der Waals surface area contributed by atoms with Crippen molar-refractivity contribution in [3.8, 4) is 0 Å². The molecule has 18 heavy (non-hydrogen) atoms. The fourth-order valence-corrected chi connectivity index (χ4v) is 2.86. The van der Waals surface area contributed by atoms with Gasteiger partial charge >= 0.3 is 0 Å². The van der Waals surface area contributed by atoms with Gasteiger partial charge in [-0.3, -0.25) is 0 Å². The van der Waals surface area contributed by atoms with Crippen LogP contribution in [-0.4, -0.2) is 37.1 Å². The van der Waals surface area contributed by atoms with Crippen molar-refractivity contribution in [2.24, 2.45) is 5.92 Å². The van der Waals surface area contributed by atoms with Crippen LogP contribution in [0.5, 0.6) is 0 Å². The zero-order valence-corrected chi connectivity index (χ0v) is 12.9. The Labute approximate surface area is 115 Å². The molecule has 0 aliphatic heterocycles. The molecule has 0 bridgehead atoms. The molecule has 0 aromatic heterocycles. The quantitative estimate of drug-likeness (QED) is 0.665. The summed E-state index contributed by atoms with van der Waals surface area (Å²) in [4.78, 5) is 2.60. The van der Waals surface area contributed by atoms with Gasteiger partial charge in [0.2, 0.25) is 0 Å². The highest BCUT2D eigenvalue weighted by molar-refractivity contribution is 4.71. The number of nitrogens with zero attached hydrogens (tertiary/aromatic N) is 1. The molecule has 0 radical (unpaired) electrons. The van der Waals surface area contributed by atoms with Crippen molar-refractivity contribution in [3.05, 3.63) is 0 Å². The first kappa shape index (κ1) is 16.0. The molecular formula is C16H34N2. The van der Waals surface area contributed by atoms with Crippen LogP contribution in [0.2, 0.25) is 0 Å². The summed E-state index contributed by atoms with van der Waals surface area (Å²) in [6, 6.07) is 0.801. The van der Waals surface area contributed by atoms with Gasteiger partial charge in [0.05, 0.1) is 0 Å². The van der Waals surface area contributed by atoms with E-state index >= 15 is 0 Å². The third kappa shape index (κ3) is 6.75. The second-order valence-corrected chi connectivity index (χ2v) is 6.05. The molecular weight excluding hydrogens is 220 g/mol. The number of hydrogen-bond donors (Lipinski definition) is 1. The Morgan fingerprint density at radius 3 is 2.33 bits per heavy atom. The average molecular weight is 254 g/mol. The van der Waals surface area contributed by atoms with Crippen LogP contribution in [0.4, 0.5) is 0 Å². The lowest BCUT2D eigenvalue weighted by Crippen LogP contribution is -2.38. The molecule has 1 fully saturated rings. The molecule has 0 heterocycles. The molecule has 1 aliphatic carbocycles. The molecule has 0 saturated heterocycles. The zero-order chi connectivity index (χ0) is 13.2. The lowest BCUT2D eigenvalue weighted by molar-refractivity contribution is 0.241. The van der Waals surface area contributed by atoms with Gasteiger partial charge in [-0.1, -0.05) is 52.9 Å². The van der Waals surface area contributed by atoms with E-state index in [4.69, 9.17) is 0 Å². The summed E-state index contributed by atoms with van der Waals surface area (Å²) in [5.41, 5.74) is 0. The molecule has 1 atom stereocenters. The Hall–Kier alpha value is -0.0800. The SMILES string of the molecule is CCC(C)CN(CC)CCNC1CCCCCC1. The Bertz CT molecular complexity index is 186. The van der Waals surface area contributed by atoms with E-state index in [2.05, 4.69) is 31.0 Å². The van der Waals surface area contributed by atoms with Crippen LogP contribution < -0.4 is 5.32 Å². The number of hydrogen-bond acceptors (Lipinski definition) is 2. The fourth-order valence-electron chi connectivity index (χ4n) is 2.86. The third-order valence-electron chi connectivity index (χ3n) is 4.43. The molecule has 1 N–H and O–H groups in total. The third-order valence-corrected chi connectivity index (χ3v) is 4.43. The summed E-state index contributed by atoms with van der Waals surface area (Å²) in [6.07, 6.45) is 9.87. The van der Waals surface area contributed by atoms with Crippen LogP contribution in [0.25, 0.3) is 0 Å². The highest BCUT2D eigenvalue weighted by Gasteiger charge is 2.12. The van der Waals surface area contributed by atoms with Crippen molar-refractivity contribution < 1.29 is 0 Å². The monoisotopic (exact) mass is 254 g/mol. The van der Waals surface area contributed by atoms with Crippen LogP contribution in [-0.2, 0) is 0 Å². The lowest BCUT2D eigenvalue weighted by Gasteiger charge is -2.25. The largest absolute Gasteiger partial charge is 0.313 e. The second kappa shape index (κ2) is 9.80. The van der Waals surface area contributed by atoms with Crippen molar-refractivity contribution in [2.75, 3.05) is 26.2 Å². The Morgan fingerprint density at radius 2 is 1.78 bits per heavy atom. The molecule has 1 rings (SSSR count). The zero-order valence-electron chi connectivity index (χ0n) is 12.9. The number of likely N-dealkylation sites (N-methyl/N-ethyl adjacent to an activating group) is 1. The minimum absolute atomic E-state index is 0.801. The van der Waals surface area contributed by atoms with E-state index in [-0.39, 0.29) is 0 Å². The maximum absolute atomic E-state index is 3.78. The van der Waals surface area contributed by atoms with Gasteiger partial charge in [-0.25, -0.2) is 0 Å². The molecule has 0 spiro atoms. The highest BCUT2D eigenvalue weighted by atomic mass is 15.1. The van der Waals surface area contributed by atoms with Gasteiger partial charge in [0, 0.05) is 25.7 Å². The minimum Gasteiger partial charge on any atom is -0.313 e. The standard InChI is InChI=1S/C16H34N2/c1-4-15(3)14-18(5-2)13-12-17-16-10-8-6-7-9-11-16/h15-17H,4-14H2,1-3H3. The van der Waals surface area contributed by atoms with Crippen molar-refractivity contribution in [2.45, 2.75) is 71.8 Å². The summed E-state index contributed by atoms with van der Waals surface area (Å²) in [5.74, 6) is 0.836. The predicted molar refractivity (Wildman–Crippen MR) is 81.1 cm³/mol. The van der Waals surface area contributed by atoms with Gasteiger partial charge in [-0.2, -0.15) is 0 Å². The summed E-state index contributed by atoms with van der Waals surface area (Å²) in [7, 11) is 0. The summed E-state index contributed by atoms with van der Waals surface area (Å²) in [5, 5.41) is 3.78. The summed E-state index contributed by atoms with van der Waals surface area (Å²) >= 11 is 0. The van der Waals surface area contributed by atoms with Crippen molar-refractivity contribution >= 4 is 0 Å². The van der Waals surface area contributed by atoms with Crippen LogP contribution in [0.15, 0.2) is 0 Å². The molecule has 0 aromatic rings. The topological polar surface area (TPSA) is 15.3 Å². The molecule has 1 unspecified atom stereocenters. The first-order valence-electron chi connectivity index (χ1n) is 8.22. The van der Waals surface area contributed by atoms with E-state index in [9.17, 15) is 0 Å². The minimum atomic E-state index is 0.801. The molecule has 1 aliphatic rings. The van der Waals surface area contributed by atoms with E-state index in [1.54, 1.807) is 0 Å². The van der Waals surface area contributed by atoms with Crippen LogP contribution >= 0.6 is 0 Å². The maximum atomic E-state index is 3.78. The van der Waals surface area contributed by atoms with E-state index < -0.39 is 0 Å². The van der Waals surface area contributed by atoms with E-state index in [0.717, 1.165) is 12.0 Å². The van der Waals surface area contributed by atoms with Gasteiger partial charge in [-0.05, 0) is 25.3 Å². The first-order chi connectivity index (χ1) is 8.76. The molecule has 1 saturated carbocycles. The van der Waals surface area contributed by atoms with Gasteiger partial charge in [0.15, 0.2) is 0 Å². The smallest absolute Gasteiger partial charge is 0.0107 e. The van der Waals surface area contributed by atoms with Crippen molar-refractivity contribution in [1.82, 2.24) is 10.2 Å². The Morgan fingerprint density at radius 1 is 1.11 bits per heavy atom.